The van der Waals surface area contributed by atoms with Crippen molar-refractivity contribution in [3.05, 3.63) is 35.4 Å². The van der Waals surface area contributed by atoms with Crippen molar-refractivity contribution < 1.29 is 13.2 Å². The van der Waals surface area contributed by atoms with Gasteiger partial charge in [-0.25, -0.2) is 8.42 Å². The van der Waals surface area contributed by atoms with Crippen molar-refractivity contribution in [1.82, 2.24) is 9.80 Å². The fraction of sp³-hybridized carbons (Fsp3) is 0.611. The molecule has 1 aliphatic rings. The highest BCUT2D eigenvalue weighted by molar-refractivity contribution is 7.91. The van der Waals surface area contributed by atoms with Crippen molar-refractivity contribution in [1.29, 1.82) is 0 Å². The number of sulfone groups is 1. The molecule has 0 aliphatic carbocycles. The zero-order chi connectivity index (χ0) is 17.9. The van der Waals surface area contributed by atoms with Crippen LogP contribution in [0, 0.1) is 0 Å². The van der Waals surface area contributed by atoms with Gasteiger partial charge in [0.15, 0.2) is 9.84 Å². The van der Waals surface area contributed by atoms with Gasteiger partial charge in [0.2, 0.25) is 5.91 Å². The Morgan fingerprint density at radius 3 is 2.29 bits per heavy atom. The van der Waals surface area contributed by atoms with Crippen LogP contribution in [0.5, 0.6) is 0 Å². The molecule has 24 heavy (non-hydrogen) atoms. The third-order valence-corrected chi connectivity index (χ3v) is 6.74. The molecule has 134 valence electrons. The second kappa shape index (κ2) is 7.66. The van der Waals surface area contributed by atoms with Crippen LogP contribution in [0.25, 0.3) is 0 Å². The second-order valence-electron chi connectivity index (χ2n) is 6.77. The van der Waals surface area contributed by atoms with E-state index in [1.165, 1.54) is 11.1 Å². The van der Waals surface area contributed by atoms with Gasteiger partial charge in [-0.2, -0.15) is 0 Å². The lowest BCUT2D eigenvalue weighted by Gasteiger charge is -2.31. The van der Waals surface area contributed by atoms with E-state index in [1.54, 1.807) is 11.9 Å². The van der Waals surface area contributed by atoms with Gasteiger partial charge in [-0.15, -0.1) is 0 Å². The summed E-state index contributed by atoms with van der Waals surface area (Å²) in [5.74, 6) is 0.248. The van der Waals surface area contributed by atoms with Gasteiger partial charge < -0.3 is 4.90 Å². The van der Waals surface area contributed by atoms with E-state index in [2.05, 4.69) is 31.2 Å². The SMILES string of the molecule is CCc1ccc(CN(C)[C@@H](C)C(=O)N(C)[C@H]2CCS(=O)(=O)C2)cc1. The number of hydrogen-bond acceptors (Lipinski definition) is 4. The van der Waals surface area contributed by atoms with Crippen LogP contribution in [0.1, 0.15) is 31.4 Å². The number of amides is 1. The van der Waals surface area contributed by atoms with Gasteiger partial charge in [-0.1, -0.05) is 31.2 Å². The van der Waals surface area contributed by atoms with Crippen LogP contribution in [-0.2, 0) is 27.6 Å². The summed E-state index contributed by atoms with van der Waals surface area (Å²) < 4.78 is 23.2. The Balaban J connectivity index is 1.95. The zero-order valence-corrected chi connectivity index (χ0v) is 15.8. The van der Waals surface area contributed by atoms with Crippen LogP contribution in [0.2, 0.25) is 0 Å². The Kier molecular flexibility index (Phi) is 6.04. The third-order valence-electron chi connectivity index (χ3n) is 4.99. The van der Waals surface area contributed by atoms with Crippen molar-refractivity contribution in [3.8, 4) is 0 Å². The molecule has 0 radical (unpaired) electrons. The summed E-state index contributed by atoms with van der Waals surface area (Å²) in [5, 5.41) is 0. The van der Waals surface area contributed by atoms with Gasteiger partial charge >= 0.3 is 0 Å². The topological polar surface area (TPSA) is 57.7 Å². The quantitative estimate of drug-likeness (QED) is 0.782. The molecule has 1 amide bonds. The monoisotopic (exact) mass is 352 g/mol. The minimum atomic E-state index is -2.98. The summed E-state index contributed by atoms with van der Waals surface area (Å²) in [6.07, 6.45) is 1.56. The second-order valence-corrected chi connectivity index (χ2v) is 9.00. The molecular formula is C18H28N2O3S. The maximum atomic E-state index is 12.7. The molecule has 0 saturated carbocycles. The maximum absolute atomic E-state index is 12.7. The van der Waals surface area contributed by atoms with E-state index >= 15 is 0 Å². The molecule has 0 aromatic heterocycles. The molecule has 0 N–H and O–H groups in total. The van der Waals surface area contributed by atoms with Crippen LogP contribution in [0.4, 0.5) is 0 Å². The average Bonchev–Trinajstić information content (AvgIpc) is 2.93. The van der Waals surface area contributed by atoms with Gasteiger partial charge in [0, 0.05) is 19.6 Å². The highest BCUT2D eigenvalue weighted by atomic mass is 32.2. The first-order valence-corrected chi connectivity index (χ1v) is 10.3. The zero-order valence-electron chi connectivity index (χ0n) is 15.0. The van der Waals surface area contributed by atoms with E-state index < -0.39 is 9.84 Å². The van der Waals surface area contributed by atoms with Crippen molar-refractivity contribution in [2.24, 2.45) is 0 Å². The van der Waals surface area contributed by atoms with E-state index in [1.807, 2.05) is 18.9 Å². The maximum Gasteiger partial charge on any atom is 0.239 e. The first-order valence-electron chi connectivity index (χ1n) is 8.48. The first-order chi connectivity index (χ1) is 11.2. The standard InChI is InChI=1S/C18H28N2O3S/c1-5-15-6-8-16(9-7-15)12-19(3)14(2)18(21)20(4)17-10-11-24(22,23)13-17/h6-9,14,17H,5,10-13H2,1-4H3/t14-,17-/m0/s1. The van der Waals surface area contributed by atoms with Crippen LogP contribution in [-0.4, -0.2) is 61.8 Å². The lowest BCUT2D eigenvalue weighted by Crippen LogP contribution is -2.48. The molecule has 1 aromatic rings. The van der Waals surface area contributed by atoms with E-state index in [9.17, 15) is 13.2 Å². The molecular weight excluding hydrogens is 324 g/mol. The Morgan fingerprint density at radius 2 is 1.79 bits per heavy atom. The molecule has 0 bridgehead atoms. The van der Waals surface area contributed by atoms with Crippen LogP contribution >= 0.6 is 0 Å². The minimum Gasteiger partial charge on any atom is -0.340 e. The fourth-order valence-corrected chi connectivity index (χ4v) is 4.82. The largest absolute Gasteiger partial charge is 0.340 e. The summed E-state index contributed by atoms with van der Waals surface area (Å²) in [7, 11) is 0.660. The molecule has 5 nitrogen and oxygen atoms in total. The number of aryl methyl sites for hydroxylation is 1. The molecule has 2 atom stereocenters. The summed E-state index contributed by atoms with van der Waals surface area (Å²) in [4.78, 5) is 16.3. The molecule has 0 spiro atoms. The highest BCUT2D eigenvalue weighted by Gasteiger charge is 2.34. The third kappa shape index (κ3) is 4.57. The smallest absolute Gasteiger partial charge is 0.239 e. The van der Waals surface area contributed by atoms with Crippen molar-refractivity contribution in [2.75, 3.05) is 25.6 Å². The van der Waals surface area contributed by atoms with Gasteiger partial charge in [-0.3, -0.25) is 9.69 Å². The van der Waals surface area contributed by atoms with E-state index in [0.717, 1.165) is 6.42 Å². The van der Waals surface area contributed by atoms with E-state index in [0.29, 0.717) is 13.0 Å². The average molecular weight is 353 g/mol. The molecule has 0 unspecified atom stereocenters. The highest BCUT2D eigenvalue weighted by Crippen LogP contribution is 2.18. The normalized spacial score (nSPS) is 21.0. The number of likely N-dealkylation sites (N-methyl/N-ethyl adjacent to an activating group) is 2. The number of benzene rings is 1. The summed E-state index contributed by atoms with van der Waals surface area (Å²) >= 11 is 0. The summed E-state index contributed by atoms with van der Waals surface area (Å²) in [6, 6.07) is 7.95. The number of rotatable bonds is 6. The van der Waals surface area contributed by atoms with Gasteiger partial charge in [0.25, 0.3) is 0 Å². The Morgan fingerprint density at radius 1 is 1.21 bits per heavy atom. The molecule has 1 saturated heterocycles. The van der Waals surface area contributed by atoms with Crippen LogP contribution in [0.3, 0.4) is 0 Å². The predicted octanol–water partition coefficient (Wildman–Crippen LogP) is 1.71. The van der Waals surface area contributed by atoms with Gasteiger partial charge in [0.1, 0.15) is 0 Å². The summed E-state index contributed by atoms with van der Waals surface area (Å²) in [5.41, 5.74) is 2.47. The lowest BCUT2D eigenvalue weighted by atomic mass is 10.1. The molecule has 6 heteroatoms. The Hall–Kier alpha value is -1.40. The van der Waals surface area contributed by atoms with E-state index in [-0.39, 0.29) is 29.5 Å². The molecule has 2 rings (SSSR count). The van der Waals surface area contributed by atoms with Crippen molar-refractivity contribution >= 4 is 15.7 Å². The van der Waals surface area contributed by atoms with Crippen LogP contribution in [0.15, 0.2) is 24.3 Å². The minimum absolute atomic E-state index is 0.0234. The number of hydrogen-bond donors (Lipinski definition) is 0. The van der Waals surface area contributed by atoms with Crippen molar-refractivity contribution in [2.45, 2.75) is 45.3 Å². The molecule has 1 aliphatic heterocycles. The number of nitrogens with zero attached hydrogens (tertiary/aromatic N) is 2. The first kappa shape index (κ1) is 18.9. The molecule has 1 aromatic carbocycles. The fourth-order valence-electron chi connectivity index (χ4n) is 3.05. The van der Waals surface area contributed by atoms with Crippen molar-refractivity contribution in [3.63, 3.8) is 0 Å². The van der Waals surface area contributed by atoms with Gasteiger partial charge in [0.05, 0.1) is 17.5 Å². The molecule has 1 heterocycles. The van der Waals surface area contributed by atoms with Gasteiger partial charge in [-0.05, 0) is 37.9 Å². The summed E-state index contributed by atoms with van der Waals surface area (Å²) in [6.45, 7) is 4.69. The number of carbonyl (C=O) groups excluding carboxylic acids is 1. The van der Waals surface area contributed by atoms with E-state index in [4.69, 9.17) is 0 Å². The Bertz CT molecular complexity index is 670. The Labute approximate surface area is 145 Å². The molecule has 1 fully saturated rings. The lowest BCUT2D eigenvalue weighted by molar-refractivity contribution is -0.136. The number of carbonyl (C=O) groups is 1. The predicted molar refractivity (Wildman–Crippen MR) is 96.6 cm³/mol. The van der Waals surface area contributed by atoms with Crippen LogP contribution < -0.4 is 0 Å².